The minimum absolute atomic E-state index is 0.0312. The Morgan fingerprint density at radius 1 is 0.841 bits per heavy atom. The van der Waals surface area contributed by atoms with Crippen LogP contribution >= 0.6 is 23.2 Å². The van der Waals surface area contributed by atoms with Gasteiger partial charge in [0.1, 0.15) is 18.0 Å². The van der Waals surface area contributed by atoms with Crippen LogP contribution in [0.4, 0.5) is 11.4 Å². The first-order valence-corrected chi connectivity index (χ1v) is 15.4. The molecule has 0 aliphatic heterocycles. The smallest absolute Gasteiger partial charge is 0.264 e. The molecule has 10 nitrogen and oxygen atoms in total. The molecule has 0 atom stereocenters. The molecule has 0 spiro atoms. The van der Waals surface area contributed by atoms with E-state index in [2.05, 4.69) is 15.8 Å². The molecule has 0 heterocycles. The molecule has 228 valence electrons. The Morgan fingerprint density at radius 2 is 1.50 bits per heavy atom. The van der Waals surface area contributed by atoms with Crippen LogP contribution in [0, 0.1) is 0 Å². The van der Waals surface area contributed by atoms with E-state index < -0.39 is 22.5 Å². The molecule has 0 aliphatic rings. The van der Waals surface area contributed by atoms with Crippen molar-refractivity contribution in [3.05, 3.63) is 113 Å². The summed E-state index contributed by atoms with van der Waals surface area (Å²) < 4.78 is 39.0. The molecular weight excluding hydrogens is 627 g/mol. The largest absolute Gasteiger partial charge is 0.494 e. The van der Waals surface area contributed by atoms with Crippen LogP contribution in [0.3, 0.4) is 0 Å². The monoisotopic (exact) mass is 654 g/mol. The van der Waals surface area contributed by atoms with Crippen molar-refractivity contribution in [1.29, 1.82) is 0 Å². The summed E-state index contributed by atoms with van der Waals surface area (Å²) in [7, 11) is -4.13. The minimum atomic E-state index is -4.13. The summed E-state index contributed by atoms with van der Waals surface area (Å²) in [5.41, 5.74) is 3.81. The third kappa shape index (κ3) is 9.21. The second kappa shape index (κ2) is 15.2. The van der Waals surface area contributed by atoms with Crippen LogP contribution in [-0.2, 0) is 19.6 Å². The van der Waals surface area contributed by atoms with Crippen molar-refractivity contribution in [3.8, 4) is 11.5 Å². The summed E-state index contributed by atoms with van der Waals surface area (Å²) in [5, 5.41) is 7.53. The first-order chi connectivity index (χ1) is 21.1. The van der Waals surface area contributed by atoms with E-state index in [1.165, 1.54) is 30.5 Å². The molecule has 13 heteroatoms. The highest BCUT2D eigenvalue weighted by atomic mass is 35.5. The molecule has 2 N–H and O–H groups in total. The summed E-state index contributed by atoms with van der Waals surface area (Å²) >= 11 is 11.9. The Kier molecular flexibility index (Phi) is 11.2. The van der Waals surface area contributed by atoms with E-state index in [1.807, 2.05) is 6.92 Å². The van der Waals surface area contributed by atoms with Crippen LogP contribution < -0.4 is 24.5 Å². The maximum absolute atomic E-state index is 13.5. The number of halogens is 2. The molecule has 2 amide bonds. The van der Waals surface area contributed by atoms with Gasteiger partial charge in [0.15, 0.2) is 6.61 Å². The molecular formula is C31H28Cl2N4O6S. The highest BCUT2D eigenvalue weighted by Crippen LogP contribution is 2.26. The summed E-state index contributed by atoms with van der Waals surface area (Å²) in [4.78, 5) is 24.9. The zero-order valence-corrected chi connectivity index (χ0v) is 25.8. The van der Waals surface area contributed by atoms with Gasteiger partial charge in [0.25, 0.3) is 21.8 Å². The Morgan fingerprint density at radius 3 is 2.16 bits per heavy atom. The number of hydrogen-bond donors (Lipinski definition) is 2. The van der Waals surface area contributed by atoms with Gasteiger partial charge < -0.3 is 14.8 Å². The number of anilines is 2. The van der Waals surface area contributed by atoms with Crippen molar-refractivity contribution >= 4 is 62.6 Å². The van der Waals surface area contributed by atoms with Gasteiger partial charge in [0.05, 0.1) is 23.4 Å². The number of carbonyl (C=O) groups is 2. The molecule has 0 radical (unpaired) electrons. The topological polar surface area (TPSA) is 126 Å². The van der Waals surface area contributed by atoms with Gasteiger partial charge >= 0.3 is 0 Å². The van der Waals surface area contributed by atoms with Gasteiger partial charge in [-0.05, 0) is 103 Å². The Hall–Kier alpha value is -4.58. The third-order valence-electron chi connectivity index (χ3n) is 5.89. The predicted octanol–water partition coefficient (Wildman–Crippen LogP) is 5.76. The van der Waals surface area contributed by atoms with Gasteiger partial charge in [-0.3, -0.25) is 13.9 Å². The van der Waals surface area contributed by atoms with Crippen molar-refractivity contribution in [2.45, 2.75) is 11.8 Å². The molecule has 0 aromatic heterocycles. The Labute approximate surface area is 265 Å². The van der Waals surface area contributed by atoms with E-state index in [1.54, 1.807) is 72.8 Å². The first-order valence-electron chi connectivity index (χ1n) is 13.3. The highest BCUT2D eigenvalue weighted by Gasteiger charge is 2.27. The number of hydrazone groups is 1. The summed E-state index contributed by atoms with van der Waals surface area (Å²) in [5.74, 6) is -0.00600. The lowest BCUT2D eigenvalue weighted by atomic mass is 10.2. The second-order valence-electron chi connectivity index (χ2n) is 9.10. The van der Waals surface area contributed by atoms with E-state index in [0.717, 1.165) is 4.31 Å². The van der Waals surface area contributed by atoms with Crippen molar-refractivity contribution in [2.24, 2.45) is 5.10 Å². The number of rotatable bonds is 13. The molecule has 0 saturated heterocycles. The van der Waals surface area contributed by atoms with Gasteiger partial charge in [0, 0.05) is 15.7 Å². The number of nitrogens with one attached hydrogen (secondary N) is 2. The summed E-state index contributed by atoms with van der Waals surface area (Å²) in [6.45, 7) is 1.54. The average molecular weight is 656 g/mol. The number of benzene rings is 4. The van der Waals surface area contributed by atoms with Crippen LogP contribution in [-0.4, -0.2) is 46.2 Å². The van der Waals surface area contributed by atoms with Crippen LogP contribution in [0.15, 0.2) is 107 Å². The standard InChI is InChI=1S/C31H28Cl2N4O6S/c1-2-42-27-14-10-26(11-15-27)37(44(40,41)29-16-8-23(32)9-17-29)20-30(38)36-34-19-22-6-12-28(13-7-22)43-21-31(39)35-25-5-3-4-24(33)18-25/h3-19H,2,20-21H2,1H3,(H,35,39)(H,36,38)/b34-19-. The number of hydrogen-bond acceptors (Lipinski definition) is 7. The Bertz CT molecular complexity index is 1720. The van der Waals surface area contributed by atoms with Gasteiger partial charge in [-0.15, -0.1) is 0 Å². The number of nitrogens with zero attached hydrogens (tertiary/aromatic N) is 2. The fraction of sp³-hybridized carbons (Fsp3) is 0.129. The van der Waals surface area contributed by atoms with E-state index in [4.69, 9.17) is 32.7 Å². The third-order valence-corrected chi connectivity index (χ3v) is 8.16. The van der Waals surface area contributed by atoms with Gasteiger partial charge in [-0.25, -0.2) is 13.8 Å². The van der Waals surface area contributed by atoms with Gasteiger partial charge in [-0.1, -0.05) is 29.3 Å². The SMILES string of the molecule is CCOc1ccc(N(CC(=O)N/N=C\c2ccc(OCC(=O)Nc3cccc(Cl)c3)cc2)S(=O)(=O)c2ccc(Cl)cc2)cc1. The van der Waals surface area contributed by atoms with Crippen molar-refractivity contribution in [1.82, 2.24) is 5.43 Å². The molecule has 0 aliphatic carbocycles. The molecule has 0 fully saturated rings. The lowest BCUT2D eigenvalue weighted by molar-refractivity contribution is -0.119. The fourth-order valence-corrected chi connectivity index (χ4v) is 5.57. The quantitative estimate of drug-likeness (QED) is 0.140. The van der Waals surface area contributed by atoms with Crippen molar-refractivity contribution in [2.75, 3.05) is 29.4 Å². The fourth-order valence-electron chi connectivity index (χ4n) is 3.83. The zero-order chi connectivity index (χ0) is 31.5. The van der Waals surface area contributed by atoms with Crippen molar-refractivity contribution < 1.29 is 27.5 Å². The number of amides is 2. The zero-order valence-electron chi connectivity index (χ0n) is 23.4. The van der Waals surface area contributed by atoms with Crippen LogP contribution in [0.5, 0.6) is 11.5 Å². The molecule has 44 heavy (non-hydrogen) atoms. The first kappa shape index (κ1) is 32.3. The summed E-state index contributed by atoms with van der Waals surface area (Å²) in [6, 6.07) is 25.4. The normalized spacial score (nSPS) is 11.2. The average Bonchev–Trinajstić information content (AvgIpc) is 3.00. The second-order valence-corrected chi connectivity index (χ2v) is 11.8. The van der Waals surface area contributed by atoms with E-state index >= 15 is 0 Å². The maximum Gasteiger partial charge on any atom is 0.264 e. The number of ether oxygens (including phenoxy) is 2. The summed E-state index contributed by atoms with van der Waals surface area (Å²) in [6.07, 6.45) is 1.39. The van der Waals surface area contributed by atoms with Crippen LogP contribution in [0.2, 0.25) is 10.0 Å². The lowest BCUT2D eigenvalue weighted by Crippen LogP contribution is -2.39. The van der Waals surface area contributed by atoms with Gasteiger partial charge in [0.2, 0.25) is 0 Å². The molecule has 4 aromatic carbocycles. The maximum atomic E-state index is 13.5. The number of carbonyl (C=O) groups excluding carboxylic acids is 2. The van der Waals surface area contributed by atoms with Crippen LogP contribution in [0.25, 0.3) is 0 Å². The van der Waals surface area contributed by atoms with Crippen molar-refractivity contribution in [3.63, 3.8) is 0 Å². The molecule has 4 rings (SSSR count). The van der Waals surface area contributed by atoms with E-state index in [9.17, 15) is 18.0 Å². The Balaban J connectivity index is 1.36. The predicted molar refractivity (Wildman–Crippen MR) is 171 cm³/mol. The highest BCUT2D eigenvalue weighted by molar-refractivity contribution is 7.92. The van der Waals surface area contributed by atoms with E-state index in [0.29, 0.717) is 39.4 Å². The molecule has 0 unspecified atom stereocenters. The van der Waals surface area contributed by atoms with E-state index in [-0.39, 0.29) is 23.1 Å². The minimum Gasteiger partial charge on any atom is -0.494 e. The molecule has 4 aromatic rings. The lowest BCUT2D eigenvalue weighted by Gasteiger charge is -2.24. The molecule has 0 saturated carbocycles. The van der Waals surface area contributed by atoms with Crippen LogP contribution in [0.1, 0.15) is 12.5 Å². The number of sulfonamides is 1. The van der Waals surface area contributed by atoms with Gasteiger partial charge in [-0.2, -0.15) is 5.10 Å². The molecule has 0 bridgehead atoms.